The van der Waals surface area contributed by atoms with E-state index in [1.165, 1.54) is 0 Å². The summed E-state index contributed by atoms with van der Waals surface area (Å²) in [7, 11) is 0. The molecule has 1 N–H and O–H groups in total. The number of fused-ring (bicyclic) bond motifs is 1. The lowest BCUT2D eigenvalue weighted by atomic mass is 10.0. The second-order valence-corrected chi connectivity index (χ2v) is 5.17. The van der Waals surface area contributed by atoms with Crippen LogP contribution in [0.3, 0.4) is 0 Å². The van der Waals surface area contributed by atoms with Gasteiger partial charge < -0.3 is 4.98 Å². The van der Waals surface area contributed by atoms with Gasteiger partial charge in [-0.3, -0.25) is 4.57 Å². The van der Waals surface area contributed by atoms with Crippen LogP contribution >= 0.6 is 0 Å². The van der Waals surface area contributed by atoms with Crippen molar-refractivity contribution >= 4 is 11.0 Å². The van der Waals surface area contributed by atoms with Gasteiger partial charge in [0.1, 0.15) is 0 Å². The molecular weight excluding hydrogens is 272 g/mol. The minimum atomic E-state index is -0.121. The molecule has 22 heavy (non-hydrogen) atoms. The van der Waals surface area contributed by atoms with Gasteiger partial charge in [0.15, 0.2) is 0 Å². The van der Waals surface area contributed by atoms with Crippen molar-refractivity contribution in [1.82, 2.24) is 9.55 Å². The first kappa shape index (κ1) is 12.7. The molecule has 3 aromatic carbocycles. The number of H-pyrrole nitrogens is 1. The van der Waals surface area contributed by atoms with Gasteiger partial charge in [-0.15, -0.1) is 0 Å². The van der Waals surface area contributed by atoms with Crippen molar-refractivity contribution in [2.45, 2.75) is 0 Å². The molecule has 0 bridgehead atoms. The number of hydrogen-bond donors (Lipinski definition) is 1. The summed E-state index contributed by atoms with van der Waals surface area (Å²) in [5.74, 6) is 0. The van der Waals surface area contributed by atoms with E-state index < -0.39 is 0 Å². The third-order valence-corrected chi connectivity index (χ3v) is 3.82. The molecule has 0 aliphatic heterocycles. The Kier molecular flexibility index (Phi) is 2.90. The first-order valence-electron chi connectivity index (χ1n) is 7.19. The molecule has 0 saturated carbocycles. The maximum atomic E-state index is 12.4. The molecule has 0 unspecified atom stereocenters. The van der Waals surface area contributed by atoms with E-state index in [-0.39, 0.29) is 5.69 Å². The first-order chi connectivity index (χ1) is 10.8. The summed E-state index contributed by atoms with van der Waals surface area (Å²) >= 11 is 0. The van der Waals surface area contributed by atoms with Gasteiger partial charge in [-0.1, -0.05) is 60.7 Å². The van der Waals surface area contributed by atoms with Crippen molar-refractivity contribution in [1.29, 1.82) is 0 Å². The van der Waals surface area contributed by atoms with Gasteiger partial charge in [0.2, 0.25) is 0 Å². The average molecular weight is 286 g/mol. The summed E-state index contributed by atoms with van der Waals surface area (Å²) in [4.78, 5) is 15.3. The number of aromatic amines is 1. The maximum Gasteiger partial charge on any atom is 0.331 e. The SMILES string of the molecule is O=c1[nH]c2ccccc2n1-c1ccccc1-c1ccccc1. The molecule has 1 heterocycles. The Morgan fingerprint density at radius 2 is 1.41 bits per heavy atom. The Bertz CT molecular complexity index is 997. The lowest BCUT2D eigenvalue weighted by molar-refractivity contribution is 1.02. The monoisotopic (exact) mass is 286 g/mol. The summed E-state index contributed by atoms with van der Waals surface area (Å²) in [6, 6.07) is 25.8. The standard InChI is InChI=1S/C19H14N2O/c22-19-20-16-11-5-7-13-18(16)21(19)17-12-6-4-10-15(17)14-8-2-1-3-9-14/h1-13H,(H,20,22). The van der Waals surface area contributed by atoms with E-state index in [1.54, 1.807) is 4.57 Å². The van der Waals surface area contributed by atoms with Crippen molar-refractivity contribution < 1.29 is 0 Å². The Hall–Kier alpha value is -3.07. The van der Waals surface area contributed by atoms with Gasteiger partial charge in [0, 0.05) is 5.56 Å². The van der Waals surface area contributed by atoms with E-state index in [0.717, 1.165) is 27.8 Å². The molecule has 106 valence electrons. The first-order valence-corrected chi connectivity index (χ1v) is 7.19. The number of imidazole rings is 1. The number of benzene rings is 3. The summed E-state index contributed by atoms with van der Waals surface area (Å²) in [5.41, 5.74) is 4.62. The van der Waals surface area contributed by atoms with Crippen LogP contribution in [0.5, 0.6) is 0 Å². The smallest absolute Gasteiger partial charge is 0.305 e. The van der Waals surface area contributed by atoms with Gasteiger partial charge in [0.05, 0.1) is 16.7 Å². The summed E-state index contributed by atoms with van der Waals surface area (Å²) in [6.45, 7) is 0. The van der Waals surface area contributed by atoms with Crippen molar-refractivity contribution in [2.75, 3.05) is 0 Å². The lowest BCUT2D eigenvalue weighted by Crippen LogP contribution is -2.15. The van der Waals surface area contributed by atoms with E-state index in [4.69, 9.17) is 0 Å². The Morgan fingerprint density at radius 1 is 0.727 bits per heavy atom. The predicted octanol–water partition coefficient (Wildman–Crippen LogP) is 3.99. The van der Waals surface area contributed by atoms with E-state index in [9.17, 15) is 4.79 Å². The van der Waals surface area contributed by atoms with E-state index in [1.807, 2.05) is 66.7 Å². The molecule has 0 amide bonds. The third-order valence-electron chi connectivity index (χ3n) is 3.82. The van der Waals surface area contributed by atoms with Crippen LogP contribution in [-0.4, -0.2) is 9.55 Å². The van der Waals surface area contributed by atoms with E-state index in [0.29, 0.717) is 0 Å². The van der Waals surface area contributed by atoms with Gasteiger partial charge in [0.25, 0.3) is 0 Å². The van der Waals surface area contributed by atoms with Crippen LogP contribution in [-0.2, 0) is 0 Å². The van der Waals surface area contributed by atoms with E-state index >= 15 is 0 Å². The molecule has 3 nitrogen and oxygen atoms in total. The Labute approximate surface area is 127 Å². The van der Waals surface area contributed by atoms with Crippen molar-refractivity contribution in [3.8, 4) is 16.8 Å². The average Bonchev–Trinajstić information content (AvgIpc) is 2.91. The molecule has 0 fully saturated rings. The molecule has 0 radical (unpaired) electrons. The highest BCUT2D eigenvalue weighted by molar-refractivity contribution is 5.81. The summed E-state index contributed by atoms with van der Waals surface area (Å²) < 4.78 is 1.73. The zero-order valence-corrected chi connectivity index (χ0v) is 11.9. The minimum Gasteiger partial charge on any atom is -0.305 e. The Balaban J connectivity index is 2.05. The minimum absolute atomic E-state index is 0.121. The van der Waals surface area contributed by atoms with Crippen LogP contribution in [0.15, 0.2) is 83.7 Å². The number of hydrogen-bond acceptors (Lipinski definition) is 1. The van der Waals surface area contributed by atoms with Crippen LogP contribution in [0.25, 0.3) is 27.8 Å². The van der Waals surface area contributed by atoms with Gasteiger partial charge in [-0.2, -0.15) is 0 Å². The van der Waals surface area contributed by atoms with Crippen LogP contribution in [0, 0.1) is 0 Å². The zero-order chi connectivity index (χ0) is 14.9. The second-order valence-electron chi connectivity index (χ2n) is 5.17. The van der Waals surface area contributed by atoms with Gasteiger partial charge in [-0.05, 0) is 23.8 Å². The highest BCUT2D eigenvalue weighted by Gasteiger charge is 2.12. The van der Waals surface area contributed by atoms with Crippen molar-refractivity contribution in [3.05, 3.63) is 89.3 Å². The molecule has 4 aromatic rings. The zero-order valence-electron chi connectivity index (χ0n) is 11.9. The number of aromatic nitrogens is 2. The molecule has 0 atom stereocenters. The lowest BCUT2D eigenvalue weighted by Gasteiger charge is -2.10. The second kappa shape index (κ2) is 5.04. The molecule has 0 aliphatic rings. The van der Waals surface area contributed by atoms with Crippen LogP contribution in [0.4, 0.5) is 0 Å². The largest absolute Gasteiger partial charge is 0.331 e. The summed E-state index contributed by atoms with van der Waals surface area (Å²) in [5, 5.41) is 0. The molecule has 0 aliphatic carbocycles. The van der Waals surface area contributed by atoms with Crippen molar-refractivity contribution in [2.24, 2.45) is 0 Å². The fourth-order valence-corrected chi connectivity index (χ4v) is 2.82. The molecule has 0 spiro atoms. The molecule has 3 heteroatoms. The number of rotatable bonds is 2. The topological polar surface area (TPSA) is 37.8 Å². The van der Waals surface area contributed by atoms with Crippen LogP contribution < -0.4 is 5.69 Å². The molecule has 0 saturated heterocycles. The normalized spacial score (nSPS) is 10.9. The highest BCUT2D eigenvalue weighted by atomic mass is 16.1. The molecule has 4 rings (SSSR count). The number of para-hydroxylation sites is 3. The predicted molar refractivity (Wildman–Crippen MR) is 89.3 cm³/mol. The highest BCUT2D eigenvalue weighted by Crippen LogP contribution is 2.27. The van der Waals surface area contributed by atoms with Crippen molar-refractivity contribution in [3.63, 3.8) is 0 Å². The Morgan fingerprint density at radius 3 is 2.27 bits per heavy atom. The molecular formula is C19H14N2O. The summed E-state index contributed by atoms with van der Waals surface area (Å²) in [6.07, 6.45) is 0. The maximum absolute atomic E-state index is 12.4. The quantitative estimate of drug-likeness (QED) is 0.594. The fourth-order valence-electron chi connectivity index (χ4n) is 2.82. The fraction of sp³-hybridized carbons (Fsp3) is 0. The number of nitrogens with zero attached hydrogens (tertiary/aromatic N) is 1. The van der Waals surface area contributed by atoms with Gasteiger partial charge >= 0.3 is 5.69 Å². The molecule has 1 aromatic heterocycles. The van der Waals surface area contributed by atoms with E-state index in [2.05, 4.69) is 17.1 Å². The third kappa shape index (κ3) is 1.95. The van der Waals surface area contributed by atoms with Crippen LogP contribution in [0.1, 0.15) is 0 Å². The van der Waals surface area contributed by atoms with Crippen LogP contribution in [0.2, 0.25) is 0 Å². The van der Waals surface area contributed by atoms with Gasteiger partial charge in [-0.25, -0.2) is 4.79 Å². The number of nitrogens with one attached hydrogen (secondary N) is 1.